The Hall–Kier alpha value is -0.208. The molecule has 88 valence electrons. The van der Waals surface area contributed by atoms with Gasteiger partial charge in [-0.2, -0.15) is 0 Å². The van der Waals surface area contributed by atoms with Crippen molar-refractivity contribution >= 4 is 25.8 Å². The third kappa shape index (κ3) is 6.39. The van der Waals surface area contributed by atoms with Crippen LogP contribution in [0, 0.1) is 4.91 Å². The van der Waals surface area contributed by atoms with Crippen LogP contribution in [0.3, 0.4) is 0 Å². The first kappa shape index (κ1) is 15.8. The van der Waals surface area contributed by atoms with Crippen LogP contribution < -0.4 is 0 Å². The second kappa shape index (κ2) is 7.97. The first-order valence-corrected chi connectivity index (χ1v) is 7.53. The molecule has 0 bridgehead atoms. The summed E-state index contributed by atoms with van der Waals surface area (Å²) >= 11 is 0.399. The second-order valence-corrected chi connectivity index (χ2v) is 4.76. The van der Waals surface area contributed by atoms with Crippen LogP contribution in [0.25, 0.3) is 0 Å². The molecule has 0 fully saturated rings. The summed E-state index contributed by atoms with van der Waals surface area (Å²) in [4.78, 5) is 10.2. The molecule has 2 nitrogen and oxygen atoms in total. The van der Waals surface area contributed by atoms with Crippen molar-refractivity contribution in [3.8, 4) is 0 Å². The zero-order valence-electron chi connectivity index (χ0n) is 9.00. The number of halogens is 3. The Kier molecular flexibility index (Phi) is 7.86. The Morgan fingerprint density at radius 2 is 2.12 bits per heavy atom. The third-order valence-corrected chi connectivity index (χ3v) is 2.84. The predicted molar refractivity (Wildman–Crippen MR) is 58.1 cm³/mol. The van der Waals surface area contributed by atoms with Gasteiger partial charge in [0, 0.05) is 0 Å². The first-order chi connectivity index (χ1) is 7.45. The summed E-state index contributed by atoms with van der Waals surface area (Å²) in [6, 6.07) is -0.382. The summed E-state index contributed by atoms with van der Waals surface area (Å²) in [5, 5.41) is 2.84. The Morgan fingerprint density at radius 1 is 1.50 bits per heavy atom. The number of nitroso groups, excluding NO2 is 1. The summed E-state index contributed by atoms with van der Waals surface area (Å²) in [5.41, 5.74) is -0.629. The van der Waals surface area contributed by atoms with Crippen molar-refractivity contribution in [3.63, 3.8) is 0 Å². The molecule has 0 saturated heterocycles. The van der Waals surface area contributed by atoms with Gasteiger partial charge in [-0.1, -0.05) is 0 Å². The van der Waals surface area contributed by atoms with E-state index in [9.17, 15) is 18.1 Å². The molecule has 0 N–H and O–H groups in total. The number of allylic oxidation sites excluding steroid dienone is 3. The zero-order valence-corrected chi connectivity index (χ0v) is 13.5. The van der Waals surface area contributed by atoms with E-state index in [2.05, 4.69) is 5.18 Å². The average molecular weight is 425 g/mol. The van der Waals surface area contributed by atoms with Crippen LogP contribution in [0.15, 0.2) is 26.5 Å². The van der Waals surface area contributed by atoms with Crippen LogP contribution >= 0.6 is 0 Å². The van der Waals surface area contributed by atoms with Gasteiger partial charge in [-0.3, -0.25) is 0 Å². The Labute approximate surface area is 109 Å². The van der Waals surface area contributed by atoms with E-state index >= 15 is 0 Å². The molecule has 0 aliphatic rings. The van der Waals surface area contributed by atoms with Crippen LogP contribution in [0.1, 0.15) is 26.2 Å². The van der Waals surface area contributed by atoms with Gasteiger partial charge in [0.2, 0.25) is 0 Å². The molecule has 1 atom stereocenters. The Bertz CT molecular complexity index is 274. The van der Waals surface area contributed by atoms with E-state index < -0.39 is 11.7 Å². The molecule has 1 unspecified atom stereocenters. The minimum absolute atomic E-state index is 0.230. The molecule has 0 aromatic rings. The van der Waals surface area contributed by atoms with E-state index in [-0.39, 0.29) is 12.5 Å². The van der Waals surface area contributed by atoms with Gasteiger partial charge >= 0.3 is 109 Å². The number of hydrogen-bond acceptors (Lipinski definition) is 2. The monoisotopic (exact) mass is 425 g/mol. The first-order valence-electron chi connectivity index (χ1n) is 4.93. The van der Waals surface area contributed by atoms with Crippen LogP contribution in [0.5, 0.6) is 0 Å². The number of rotatable bonds is 6. The summed E-state index contributed by atoms with van der Waals surface area (Å²) in [6.45, 7) is 1.79. The van der Waals surface area contributed by atoms with Crippen molar-refractivity contribution in [2.75, 3.05) is 0 Å². The summed E-state index contributed by atoms with van der Waals surface area (Å²) < 4.78 is 38.7. The van der Waals surface area contributed by atoms with Crippen molar-refractivity contribution in [1.29, 1.82) is 0 Å². The molecule has 0 aliphatic carbocycles. The zero-order chi connectivity index (χ0) is 12.6. The maximum absolute atomic E-state index is 12.4. The number of nitrogens with zero attached hydrogens (tertiary/aromatic N) is 1. The van der Waals surface area contributed by atoms with Crippen molar-refractivity contribution in [2.24, 2.45) is 5.18 Å². The molecular weight excluding hydrogens is 411 g/mol. The number of hydrogen-bond donors (Lipinski definition) is 0. The molecule has 0 aliphatic heterocycles. The van der Waals surface area contributed by atoms with Crippen molar-refractivity contribution in [2.45, 2.75) is 38.4 Å². The second-order valence-electron chi connectivity index (χ2n) is 3.26. The molecule has 0 amide bonds. The quantitative estimate of drug-likeness (QED) is 0.365. The molecule has 16 heavy (non-hydrogen) atoms. The van der Waals surface area contributed by atoms with Crippen LogP contribution in [0.4, 0.5) is 13.2 Å². The van der Waals surface area contributed by atoms with Gasteiger partial charge in [0.05, 0.1) is 0 Å². The summed E-state index contributed by atoms with van der Waals surface area (Å²) in [7, 11) is 0. The molecular formula is C10H13F3NOTl. The van der Waals surface area contributed by atoms with E-state index in [0.29, 0.717) is 38.6 Å². The van der Waals surface area contributed by atoms with E-state index in [0.717, 1.165) is 12.2 Å². The molecule has 0 aromatic heterocycles. The minimum atomic E-state index is -4.30. The van der Waals surface area contributed by atoms with Crippen molar-refractivity contribution < 1.29 is 13.2 Å². The van der Waals surface area contributed by atoms with Crippen LogP contribution in [-0.4, -0.2) is 38.0 Å². The predicted octanol–water partition coefficient (Wildman–Crippen LogP) is 3.48. The van der Waals surface area contributed by atoms with E-state index in [1.807, 2.05) is 0 Å². The van der Waals surface area contributed by atoms with Gasteiger partial charge in [-0.25, -0.2) is 0 Å². The fourth-order valence-corrected chi connectivity index (χ4v) is 1.95. The normalized spacial score (nSPS) is 15.3. The van der Waals surface area contributed by atoms with Gasteiger partial charge in [-0.15, -0.1) is 0 Å². The van der Waals surface area contributed by atoms with Gasteiger partial charge < -0.3 is 0 Å². The van der Waals surface area contributed by atoms with Crippen molar-refractivity contribution in [1.82, 2.24) is 0 Å². The SMILES string of the molecule is CCC(CC/C=C(\C=[CH]/[Tl])C(F)(F)F)N=O. The summed E-state index contributed by atoms with van der Waals surface area (Å²) in [5.74, 6) is 0. The number of alkyl halides is 3. The van der Waals surface area contributed by atoms with E-state index in [1.165, 1.54) is 3.64 Å². The standard InChI is InChI=1S/C10H13F3NO.Tl/c1-3-8(10(11,12)13)6-5-7-9(4-2)14-15;/h1,3,6,9H,4-5,7H2,2H3;/b3-1?,8-6+;. The molecule has 0 heterocycles. The average Bonchev–Trinajstić information content (AvgIpc) is 2.21. The maximum atomic E-state index is 12.4. The van der Waals surface area contributed by atoms with Crippen molar-refractivity contribution in [3.05, 3.63) is 26.3 Å². The fraction of sp³-hybridized carbons (Fsp3) is 0.600. The molecule has 0 rings (SSSR count). The fourth-order valence-electron chi connectivity index (χ4n) is 1.14. The molecule has 0 saturated carbocycles. The van der Waals surface area contributed by atoms with E-state index in [1.54, 1.807) is 6.92 Å². The van der Waals surface area contributed by atoms with Gasteiger partial charge in [0.25, 0.3) is 0 Å². The summed E-state index contributed by atoms with van der Waals surface area (Å²) in [6.07, 6.45) is -0.907. The van der Waals surface area contributed by atoms with Gasteiger partial charge in [0.15, 0.2) is 0 Å². The van der Waals surface area contributed by atoms with Gasteiger partial charge in [0.1, 0.15) is 0 Å². The van der Waals surface area contributed by atoms with Gasteiger partial charge in [-0.05, 0) is 0 Å². The molecule has 0 aromatic carbocycles. The van der Waals surface area contributed by atoms with Crippen LogP contribution in [-0.2, 0) is 0 Å². The third-order valence-electron chi connectivity index (χ3n) is 2.09. The molecule has 6 heteroatoms. The Morgan fingerprint density at radius 3 is 2.50 bits per heavy atom. The van der Waals surface area contributed by atoms with Crippen LogP contribution in [0.2, 0.25) is 0 Å². The molecule has 0 spiro atoms. The van der Waals surface area contributed by atoms with E-state index in [4.69, 9.17) is 0 Å². The Balaban J connectivity index is 4.41. The molecule has 0 radical (unpaired) electrons. The topological polar surface area (TPSA) is 29.4 Å².